The lowest BCUT2D eigenvalue weighted by Gasteiger charge is -2.36. The molecule has 0 aromatic carbocycles. The molecule has 1 atom stereocenters. The molecular weight excluding hydrogens is 300 g/mol. The third kappa shape index (κ3) is 5.97. The molecule has 0 aromatic rings. The van der Waals surface area contributed by atoms with E-state index in [1.807, 2.05) is 19.1 Å². The fourth-order valence-corrected chi connectivity index (χ4v) is 3.07. The minimum Gasteiger partial charge on any atom is -0.478 e. The molecule has 0 fully saturated rings. The average Bonchev–Trinajstić information content (AvgIpc) is 2.45. The predicted octanol–water partition coefficient (Wildman–Crippen LogP) is 5.23. The van der Waals surface area contributed by atoms with Gasteiger partial charge in [0.1, 0.15) is 0 Å². The van der Waals surface area contributed by atoms with E-state index >= 15 is 0 Å². The van der Waals surface area contributed by atoms with Crippen molar-refractivity contribution in [1.29, 1.82) is 0 Å². The third-order valence-corrected chi connectivity index (χ3v) is 4.54. The van der Waals surface area contributed by atoms with Crippen LogP contribution in [-0.4, -0.2) is 24.3 Å². The summed E-state index contributed by atoms with van der Waals surface area (Å²) in [6, 6.07) is 0. The Balaban J connectivity index is 2.91. The number of carbonyl (C=O) groups is 1. The van der Waals surface area contributed by atoms with Gasteiger partial charge in [-0.25, -0.2) is 4.79 Å². The second-order valence-corrected chi connectivity index (χ2v) is 7.07. The lowest BCUT2D eigenvalue weighted by atomic mass is 9.71. The van der Waals surface area contributed by atoms with Crippen LogP contribution in [0.3, 0.4) is 0 Å². The SMILES string of the molecule is COC1CCC(C)(C)C(/C=C/C(C)=C/C=C/C(C)=C/C(=O)O)=C1C. The van der Waals surface area contributed by atoms with Gasteiger partial charge in [0.25, 0.3) is 0 Å². The summed E-state index contributed by atoms with van der Waals surface area (Å²) >= 11 is 0. The lowest BCUT2D eigenvalue weighted by molar-refractivity contribution is -0.131. The van der Waals surface area contributed by atoms with Crippen LogP contribution in [0, 0.1) is 5.41 Å². The van der Waals surface area contributed by atoms with Gasteiger partial charge in [-0.2, -0.15) is 0 Å². The Bertz CT molecular complexity index is 613. The van der Waals surface area contributed by atoms with E-state index in [-0.39, 0.29) is 11.5 Å². The van der Waals surface area contributed by atoms with Crippen molar-refractivity contribution in [3.63, 3.8) is 0 Å². The van der Waals surface area contributed by atoms with E-state index in [0.29, 0.717) is 5.57 Å². The van der Waals surface area contributed by atoms with Gasteiger partial charge in [-0.1, -0.05) is 49.8 Å². The molecule has 24 heavy (non-hydrogen) atoms. The molecule has 0 saturated heterocycles. The Morgan fingerprint density at radius 2 is 1.92 bits per heavy atom. The van der Waals surface area contributed by atoms with Crippen LogP contribution >= 0.6 is 0 Å². The number of hydrogen-bond acceptors (Lipinski definition) is 2. The van der Waals surface area contributed by atoms with Crippen LogP contribution in [-0.2, 0) is 9.53 Å². The van der Waals surface area contributed by atoms with E-state index in [4.69, 9.17) is 9.84 Å². The molecule has 132 valence electrons. The molecular formula is C21H30O3. The van der Waals surface area contributed by atoms with Gasteiger partial charge in [-0.05, 0) is 55.7 Å². The van der Waals surface area contributed by atoms with Gasteiger partial charge >= 0.3 is 5.97 Å². The van der Waals surface area contributed by atoms with Crippen LogP contribution in [0.2, 0.25) is 0 Å². The minimum absolute atomic E-state index is 0.159. The van der Waals surface area contributed by atoms with Gasteiger partial charge in [0.15, 0.2) is 0 Å². The van der Waals surface area contributed by atoms with Crippen molar-refractivity contribution in [2.75, 3.05) is 7.11 Å². The first-order valence-electron chi connectivity index (χ1n) is 8.35. The summed E-state index contributed by atoms with van der Waals surface area (Å²) in [5, 5.41) is 8.68. The first-order valence-corrected chi connectivity index (χ1v) is 8.35. The van der Waals surface area contributed by atoms with Crippen LogP contribution < -0.4 is 0 Å². The van der Waals surface area contributed by atoms with E-state index in [1.54, 1.807) is 20.1 Å². The number of rotatable bonds is 6. The van der Waals surface area contributed by atoms with Crippen LogP contribution in [0.4, 0.5) is 0 Å². The van der Waals surface area contributed by atoms with Crippen molar-refractivity contribution in [2.24, 2.45) is 5.41 Å². The zero-order valence-corrected chi connectivity index (χ0v) is 15.7. The summed E-state index contributed by atoms with van der Waals surface area (Å²) in [6.07, 6.45) is 13.5. The third-order valence-electron chi connectivity index (χ3n) is 4.54. The van der Waals surface area contributed by atoms with E-state index in [9.17, 15) is 4.79 Å². The zero-order chi connectivity index (χ0) is 18.3. The van der Waals surface area contributed by atoms with Gasteiger partial charge in [0, 0.05) is 13.2 Å². The molecule has 0 bridgehead atoms. The molecule has 3 heteroatoms. The molecule has 0 radical (unpaired) electrons. The molecule has 0 aliphatic heterocycles. The molecule has 1 aliphatic carbocycles. The number of ether oxygens (including phenoxy) is 1. The van der Waals surface area contributed by atoms with Gasteiger partial charge in [0.05, 0.1) is 6.10 Å². The molecule has 3 nitrogen and oxygen atoms in total. The monoisotopic (exact) mass is 330 g/mol. The Kier molecular flexibility index (Phi) is 7.43. The van der Waals surface area contributed by atoms with E-state index in [1.165, 1.54) is 17.2 Å². The maximum atomic E-state index is 10.6. The fourth-order valence-electron chi connectivity index (χ4n) is 3.07. The van der Waals surface area contributed by atoms with Crippen molar-refractivity contribution in [2.45, 2.75) is 53.6 Å². The molecule has 0 saturated carbocycles. The summed E-state index contributed by atoms with van der Waals surface area (Å²) in [6.45, 7) is 10.5. The standard InChI is InChI=1S/C21H30O3/c1-15(8-7-9-16(2)14-20(22)23)10-11-18-17(3)19(24-6)12-13-21(18,4)5/h7-11,14,19H,12-13H2,1-6H3,(H,22,23)/b9-7+,11-10+,15-8+,16-14+. The maximum absolute atomic E-state index is 10.6. The van der Waals surface area contributed by atoms with Gasteiger partial charge in [-0.15, -0.1) is 0 Å². The maximum Gasteiger partial charge on any atom is 0.328 e. The first kappa shape index (κ1) is 20.2. The van der Waals surface area contributed by atoms with Crippen LogP contribution in [0.5, 0.6) is 0 Å². The van der Waals surface area contributed by atoms with Crippen LogP contribution in [0.25, 0.3) is 0 Å². The molecule has 1 N–H and O–H groups in total. The van der Waals surface area contributed by atoms with Crippen molar-refractivity contribution in [1.82, 2.24) is 0 Å². The van der Waals surface area contributed by atoms with Crippen molar-refractivity contribution in [3.05, 3.63) is 58.7 Å². The second kappa shape index (κ2) is 8.84. The number of methoxy groups -OCH3 is 1. The summed E-state index contributed by atoms with van der Waals surface area (Å²) in [4.78, 5) is 10.6. The molecule has 0 aromatic heterocycles. The number of carboxylic acids is 1. The average molecular weight is 330 g/mol. The largest absolute Gasteiger partial charge is 0.478 e. The smallest absolute Gasteiger partial charge is 0.328 e. The van der Waals surface area contributed by atoms with Crippen LogP contribution in [0.15, 0.2) is 58.7 Å². The van der Waals surface area contributed by atoms with E-state index in [2.05, 4.69) is 32.9 Å². The number of carboxylic acid groups (broad SMARTS) is 1. The Hall–Kier alpha value is -1.87. The molecule has 1 unspecified atom stereocenters. The van der Waals surface area contributed by atoms with Crippen molar-refractivity contribution >= 4 is 5.97 Å². The summed E-state index contributed by atoms with van der Waals surface area (Å²) in [7, 11) is 1.77. The predicted molar refractivity (Wildman–Crippen MR) is 99.9 cm³/mol. The highest BCUT2D eigenvalue weighted by atomic mass is 16.5. The van der Waals surface area contributed by atoms with E-state index in [0.717, 1.165) is 18.4 Å². The molecule has 1 aliphatic rings. The molecule has 1 rings (SSSR count). The van der Waals surface area contributed by atoms with Gasteiger partial charge < -0.3 is 9.84 Å². The van der Waals surface area contributed by atoms with Gasteiger partial charge in [0.2, 0.25) is 0 Å². The highest BCUT2D eigenvalue weighted by molar-refractivity contribution is 5.81. The topological polar surface area (TPSA) is 46.5 Å². The Morgan fingerprint density at radius 1 is 1.25 bits per heavy atom. The highest BCUT2D eigenvalue weighted by Gasteiger charge is 2.31. The number of allylic oxidation sites excluding steroid dienone is 8. The molecule has 0 spiro atoms. The summed E-state index contributed by atoms with van der Waals surface area (Å²) in [5.74, 6) is -0.924. The minimum atomic E-state index is -0.924. The lowest BCUT2D eigenvalue weighted by Crippen LogP contribution is -2.28. The molecule has 0 amide bonds. The summed E-state index contributed by atoms with van der Waals surface area (Å²) in [5.41, 5.74) is 4.65. The molecule has 0 heterocycles. The normalized spacial score (nSPS) is 22.7. The first-order chi connectivity index (χ1) is 11.2. The fraction of sp³-hybridized carbons (Fsp3) is 0.476. The van der Waals surface area contributed by atoms with Gasteiger partial charge in [-0.3, -0.25) is 0 Å². The quantitative estimate of drug-likeness (QED) is 0.536. The summed E-state index contributed by atoms with van der Waals surface area (Å²) < 4.78 is 5.58. The van der Waals surface area contributed by atoms with Crippen molar-refractivity contribution < 1.29 is 14.6 Å². The highest BCUT2D eigenvalue weighted by Crippen LogP contribution is 2.41. The van der Waals surface area contributed by atoms with Crippen molar-refractivity contribution in [3.8, 4) is 0 Å². The number of aliphatic carboxylic acids is 1. The Morgan fingerprint density at radius 3 is 2.50 bits per heavy atom. The zero-order valence-electron chi connectivity index (χ0n) is 15.7. The second-order valence-electron chi connectivity index (χ2n) is 7.07. The Labute approximate surface area is 146 Å². The number of hydrogen-bond donors (Lipinski definition) is 1. The van der Waals surface area contributed by atoms with Crippen LogP contribution in [0.1, 0.15) is 47.5 Å². The van der Waals surface area contributed by atoms with E-state index < -0.39 is 5.97 Å².